The molecule has 0 bridgehead atoms. The molecule has 1 heterocycles. The maximum absolute atomic E-state index is 13.2. The van der Waals surface area contributed by atoms with Crippen LogP contribution in [-0.4, -0.2) is 60.0 Å². The molecule has 4 atom stereocenters. The normalized spacial score (nSPS) is 20.6. The van der Waals surface area contributed by atoms with Crippen molar-refractivity contribution in [1.29, 1.82) is 0 Å². The Balaban J connectivity index is 0.00000481. The number of ether oxygens (including phenoxy) is 1. The fourth-order valence-electron chi connectivity index (χ4n) is 4.80. The van der Waals surface area contributed by atoms with E-state index in [0.29, 0.717) is 19.4 Å². The quantitative estimate of drug-likeness (QED) is 0.184. The number of aliphatic hydroxyl groups is 1. The molecule has 1 saturated heterocycles. The van der Waals surface area contributed by atoms with Crippen molar-refractivity contribution in [1.82, 2.24) is 16.0 Å². The van der Waals surface area contributed by atoms with Crippen molar-refractivity contribution in [3.05, 3.63) is 35.9 Å². The molecule has 0 aromatic heterocycles. The van der Waals surface area contributed by atoms with Crippen LogP contribution in [0, 0.1) is 11.8 Å². The molecule has 37 heavy (non-hydrogen) atoms. The van der Waals surface area contributed by atoms with Gasteiger partial charge in [0.05, 0.1) is 6.04 Å². The average molecular weight is 548 g/mol. The number of carbonyl (C=O) groups is 3. The Kier molecular flexibility index (Phi) is 12.8. The van der Waals surface area contributed by atoms with Crippen LogP contribution in [0.1, 0.15) is 56.9 Å². The summed E-state index contributed by atoms with van der Waals surface area (Å²) < 4.78 is 39.9. The largest absolute Gasteiger partial charge is 1.00 e. The standard InChI is InChI=1S/C24H35N3O8S.Na/c28-21-18(11-12-25-21)14-20(23(30)36(32,33)34)26-22(29)19(13-16-7-3-1-4-8-16)27-24(31)35-15-17-9-5-2-6-10-17;/h2,5-6,9-10,16,18-20,23,30H,1,3-4,7-8,11-15H2,(H,25,28)(H,26,29)(H,27,31)(H,32,33,34);/q;+1/p-1/t18-,19-,20-,23?;/m0./s1. The molecule has 0 radical (unpaired) electrons. The first-order valence-corrected chi connectivity index (χ1v) is 13.8. The molecule has 3 amide bonds. The van der Waals surface area contributed by atoms with E-state index in [1.54, 1.807) is 24.3 Å². The Labute approximate surface area is 239 Å². The number of benzene rings is 1. The number of carbonyl (C=O) groups excluding carboxylic acids is 3. The molecule has 0 spiro atoms. The van der Waals surface area contributed by atoms with Gasteiger partial charge in [0.25, 0.3) is 0 Å². The van der Waals surface area contributed by atoms with Crippen LogP contribution >= 0.6 is 0 Å². The van der Waals surface area contributed by atoms with Gasteiger partial charge in [-0.3, -0.25) is 9.59 Å². The number of nitrogens with one attached hydrogen (secondary N) is 3. The Bertz CT molecular complexity index is 1000. The van der Waals surface area contributed by atoms with E-state index in [-0.39, 0.29) is 54.4 Å². The van der Waals surface area contributed by atoms with Crippen molar-refractivity contribution in [2.45, 2.75) is 75.5 Å². The molecule has 1 aromatic carbocycles. The van der Waals surface area contributed by atoms with Crippen molar-refractivity contribution in [3.8, 4) is 0 Å². The van der Waals surface area contributed by atoms with Crippen LogP contribution in [0.15, 0.2) is 30.3 Å². The van der Waals surface area contributed by atoms with Crippen LogP contribution in [0.4, 0.5) is 4.79 Å². The van der Waals surface area contributed by atoms with Gasteiger partial charge in [0.15, 0.2) is 5.44 Å². The van der Waals surface area contributed by atoms with Crippen LogP contribution in [-0.2, 0) is 31.1 Å². The summed E-state index contributed by atoms with van der Waals surface area (Å²) in [5.41, 5.74) is -1.67. The van der Waals surface area contributed by atoms with Crippen molar-refractivity contribution >= 4 is 28.0 Å². The minimum absolute atomic E-state index is 0. The molecule has 2 aliphatic rings. The van der Waals surface area contributed by atoms with Crippen LogP contribution in [0.25, 0.3) is 0 Å². The molecule has 3 rings (SSSR count). The number of aliphatic hydroxyl groups excluding tert-OH is 1. The molecule has 2 fully saturated rings. The van der Waals surface area contributed by atoms with Gasteiger partial charge in [-0.25, -0.2) is 13.2 Å². The minimum Gasteiger partial charge on any atom is -0.746 e. The molecule has 11 nitrogen and oxygen atoms in total. The van der Waals surface area contributed by atoms with Gasteiger partial charge in [0, 0.05) is 12.5 Å². The van der Waals surface area contributed by atoms with Crippen LogP contribution < -0.4 is 45.5 Å². The topological polar surface area (TPSA) is 174 Å². The molecular formula is C24H34N3NaO8S. The van der Waals surface area contributed by atoms with Gasteiger partial charge in [0.2, 0.25) is 11.8 Å². The monoisotopic (exact) mass is 547 g/mol. The summed E-state index contributed by atoms with van der Waals surface area (Å²) >= 11 is 0. The minimum atomic E-state index is -5.17. The van der Waals surface area contributed by atoms with Crippen molar-refractivity contribution in [2.24, 2.45) is 11.8 Å². The summed E-state index contributed by atoms with van der Waals surface area (Å²) in [6.45, 7) is 0.375. The summed E-state index contributed by atoms with van der Waals surface area (Å²) in [5, 5.41) is 17.8. The van der Waals surface area contributed by atoms with Gasteiger partial charge in [-0.15, -0.1) is 0 Å². The van der Waals surface area contributed by atoms with E-state index in [1.807, 2.05) is 6.07 Å². The first kappa shape index (κ1) is 31.5. The second kappa shape index (κ2) is 15.0. The Hall–Kier alpha value is -1.70. The van der Waals surface area contributed by atoms with Crippen molar-refractivity contribution in [2.75, 3.05) is 6.54 Å². The van der Waals surface area contributed by atoms with E-state index in [9.17, 15) is 32.5 Å². The number of alkyl carbamates (subject to hydrolysis) is 1. The summed E-state index contributed by atoms with van der Waals surface area (Å²) in [5.74, 6) is -1.59. The Morgan fingerprint density at radius 1 is 1.08 bits per heavy atom. The first-order valence-electron chi connectivity index (χ1n) is 12.3. The molecule has 1 saturated carbocycles. The maximum Gasteiger partial charge on any atom is 1.00 e. The van der Waals surface area contributed by atoms with E-state index in [1.165, 1.54) is 0 Å². The van der Waals surface area contributed by atoms with E-state index in [0.717, 1.165) is 37.7 Å². The van der Waals surface area contributed by atoms with Crippen molar-refractivity contribution < 1.29 is 66.8 Å². The van der Waals surface area contributed by atoms with Gasteiger partial charge >= 0.3 is 35.7 Å². The second-order valence-electron chi connectivity index (χ2n) is 9.51. The maximum atomic E-state index is 13.2. The van der Waals surface area contributed by atoms with Gasteiger partial charge in [-0.05, 0) is 30.7 Å². The Morgan fingerprint density at radius 3 is 2.35 bits per heavy atom. The summed E-state index contributed by atoms with van der Waals surface area (Å²) in [6, 6.07) is 6.42. The molecule has 13 heteroatoms. The van der Waals surface area contributed by atoms with E-state index >= 15 is 0 Å². The first-order chi connectivity index (χ1) is 17.1. The fourth-order valence-corrected chi connectivity index (χ4v) is 5.38. The van der Waals surface area contributed by atoms with Crippen LogP contribution in [0.5, 0.6) is 0 Å². The third-order valence-corrected chi connectivity index (χ3v) is 7.70. The number of amides is 3. The third kappa shape index (κ3) is 10.2. The van der Waals surface area contributed by atoms with Gasteiger partial charge < -0.3 is 30.3 Å². The van der Waals surface area contributed by atoms with E-state index < -0.39 is 45.6 Å². The number of rotatable bonds is 11. The summed E-state index contributed by atoms with van der Waals surface area (Å²) in [6.07, 6.45) is 4.50. The molecule has 1 aromatic rings. The predicted molar refractivity (Wildman–Crippen MR) is 128 cm³/mol. The van der Waals surface area contributed by atoms with E-state index in [2.05, 4.69) is 16.0 Å². The Morgan fingerprint density at radius 2 is 1.76 bits per heavy atom. The zero-order valence-corrected chi connectivity index (χ0v) is 23.9. The second-order valence-corrected chi connectivity index (χ2v) is 11.0. The molecule has 200 valence electrons. The summed E-state index contributed by atoms with van der Waals surface area (Å²) in [4.78, 5) is 37.7. The smallest absolute Gasteiger partial charge is 0.746 e. The third-order valence-electron chi connectivity index (χ3n) is 6.78. The zero-order valence-electron chi connectivity index (χ0n) is 21.1. The predicted octanol–water partition coefficient (Wildman–Crippen LogP) is -1.87. The molecule has 1 unspecified atom stereocenters. The van der Waals surface area contributed by atoms with Crippen LogP contribution in [0.2, 0.25) is 0 Å². The number of hydrogen-bond acceptors (Lipinski definition) is 8. The van der Waals surface area contributed by atoms with Crippen LogP contribution in [0.3, 0.4) is 0 Å². The average Bonchev–Trinajstić information content (AvgIpc) is 3.26. The molecule has 4 N–H and O–H groups in total. The summed E-state index contributed by atoms with van der Waals surface area (Å²) in [7, 11) is -5.17. The molecular weight excluding hydrogens is 513 g/mol. The van der Waals surface area contributed by atoms with Gasteiger partial charge in [-0.2, -0.15) is 0 Å². The fraction of sp³-hybridized carbons (Fsp3) is 0.625. The zero-order chi connectivity index (χ0) is 26.1. The SMILES string of the molecule is O=C(N[C@@H](CC1CCCCC1)C(=O)N[C@@H](C[C@@H]1CCNC1=O)C(O)S(=O)(=O)[O-])OCc1ccccc1.[Na+]. The van der Waals surface area contributed by atoms with Gasteiger partial charge in [-0.1, -0.05) is 62.4 Å². The molecule has 1 aliphatic heterocycles. The van der Waals surface area contributed by atoms with Gasteiger partial charge in [0.1, 0.15) is 22.8 Å². The molecule has 1 aliphatic carbocycles. The van der Waals surface area contributed by atoms with E-state index in [4.69, 9.17) is 4.74 Å². The van der Waals surface area contributed by atoms with Crippen molar-refractivity contribution in [3.63, 3.8) is 0 Å². The number of hydrogen-bond donors (Lipinski definition) is 4.